The summed E-state index contributed by atoms with van der Waals surface area (Å²) in [5.74, 6) is 1.00. The number of nitrogens with zero attached hydrogens (tertiary/aromatic N) is 1. The average Bonchev–Trinajstić information content (AvgIpc) is 2.21. The standard InChI is InChI=1S/C12H18F3NO/c1-3-10-7-16-11(6-4-5-9(10)2)17-8-12(13,14)15/h4,6,9-10H,3,5,7-8H2,1-2H3. The van der Waals surface area contributed by atoms with Gasteiger partial charge in [-0.1, -0.05) is 26.3 Å². The van der Waals surface area contributed by atoms with E-state index in [1.54, 1.807) is 0 Å². The summed E-state index contributed by atoms with van der Waals surface area (Å²) in [7, 11) is 0. The van der Waals surface area contributed by atoms with Crippen LogP contribution in [0.1, 0.15) is 26.7 Å². The zero-order valence-electron chi connectivity index (χ0n) is 10.1. The molecular formula is C12H18F3NO. The summed E-state index contributed by atoms with van der Waals surface area (Å²) in [6, 6.07) is 0. The highest BCUT2D eigenvalue weighted by Crippen LogP contribution is 2.22. The molecule has 0 amide bonds. The van der Waals surface area contributed by atoms with Crippen molar-refractivity contribution in [2.45, 2.75) is 32.9 Å². The van der Waals surface area contributed by atoms with Gasteiger partial charge in [0.2, 0.25) is 5.90 Å². The molecule has 0 aromatic rings. The molecule has 2 nitrogen and oxygen atoms in total. The lowest BCUT2D eigenvalue weighted by atomic mass is 9.88. The molecule has 1 aliphatic heterocycles. The summed E-state index contributed by atoms with van der Waals surface area (Å²) >= 11 is 0. The molecular weight excluding hydrogens is 231 g/mol. The van der Waals surface area contributed by atoms with Gasteiger partial charge in [-0.15, -0.1) is 0 Å². The van der Waals surface area contributed by atoms with Gasteiger partial charge in [0.25, 0.3) is 0 Å². The Morgan fingerprint density at radius 3 is 2.76 bits per heavy atom. The minimum atomic E-state index is -4.31. The van der Waals surface area contributed by atoms with E-state index in [9.17, 15) is 13.2 Å². The van der Waals surface area contributed by atoms with Crippen LogP contribution in [0.5, 0.6) is 0 Å². The number of hydrogen-bond acceptors (Lipinski definition) is 2. The Labute approximate surface area is 99.6 Å². The van der Waals surface area contributed by atoms with Crippen LogP contribution >= 0.6 is 0 Å². The summed E-state index contributed by atoms with van der Waals surface area (Å²) in [6.07, 6.45) is 0.893. The number of alkyl halides is 3. The molecule has 2 unspecified atom stereocenters. The lowest BCUT2D eigenvalue weighted by molar-refractivity contribution is -0.156. The summed E-state index contributed by atoms with van der Waals surface area (Å²) in [6.45, 7) is 3.46. The molecule has 1 heterocycles. The molecule has 17 heavy (non-hydrogen) atoms. The Bertz CT molecular complexity index is 297. The Morgan fingerprint density at radius 1 is 1.47 bits per heavy atom. The van der Waals surface area contributed by atoms with Crippen molar-refractivity contribution in [1.29, 1.82) is 0 Å². The van der Waals surface area contributed by atoms with Crippen LogP contribution in [0.2, 0.25) is 0 Å². The van der Waals surface area contributed by atoms with E-state index in [2.05, 4.69) is 23.6 Å². The summed E-state index contributed by atoms with van der Waals surface area (Å²) in [5.41, 5.74) is 0. The molecule has 0 aromatic heterocycles. The minimum Gasteiger partial charge on any atom is -0.468 e. The molecule has 5 heteroatoms. The first-order valence-corrected chi connectivity index (χ1v) is 5.83. The Balaban J connectivity index is 2.58. The summed E-state index contributed by atoms with van der Waals surface area (Å²) in [4.78, 5) is 4.10. The van der Waals surface area contributed by atoms with E-state index in [0.29, 0.717) is 18.4 Å². The molecule has 1 aliphatic rings. The second kappa shape index (κ2) is 6.07. The maximum absolute atomic E-state index is 12.0. The van der Waals surface area contributed by atoms with E-state index in [4.69, 9.17) is 0 Å². The molecule has 0 fully saturated rings. The quantitative estimate of drug-likeness (QED) is 0.733. The van der Waals surface area contributed by atoms with Crippen molar-refractivity contribution in [1.82, 2.24) is 0 Å². The van der Waals surface area contributed by atoms with Gasteiger partial charge in [0.05, 0.1) is 0 Å². The highest BCUT2D eigenvalue weighted by molar-refractivity contribution is 5.87. The van der Waals surface area contributed by atoms with Crippen molar-refractivity contribution >= 4 is 5.90 Å². The predicted octanol–water partition coefficient (Wildman–Crippen LogP) is 3.59. The molecule has 0 bridgehead atoms. The van der Waals surface area contributed by atoms with Crippen LogP contribution in [0.3, 0.4) is 0 Å². The molecule has 2 atom stereocenters. The fourth-order valence-electron chi connectivity index (χ4n) is 1.80. The van der Waals surface area contributed by atoms with E-state index in [1.807, 2.05) is 6.08 Å². The fraction of sp³-hybridized carbons (Fsp3) is 0.750. The number of halogens is 3. The Kier molecular flexibility index (Phi) is 5.02. The zero-order valence-corrected chi connectivity index (χ0v) is 10.1. The van der Waals surface area contributed by atoms with Gasteiger partial charge in [-0.2, -0.15) is 13.2 Å². The molecule has 0 radical (unpaired) electrons. The number of allylic oxidation sites excluding steroid dienone is 1. The Hall–Kier alpha value is -1.00. The number of ether oxygens (including phenoxy) is 1. The van der Waals surface area contributed by atoms with Gasteiger partial charge in [0.15, 0.2) is 6.61 Å². The van der Waals surface area contributed by atoms with Gasteiger partial charge in [0, 0.05) is 6.54 Å². The first-order valence-electron chi connectivity index (χ1n) is 5.83. The lowest BCUT2D eigenvalue weighted by Crippen LogP contribution is -2.22. The maximum Gasteiger partial charge on any atom is 0.422 e. The Morgan fingerprint density at radius 2 is 2.18 bits per heavy atom. The van der Waals surface area contributed by atoms with Crippen molar-refractivity contribution in [3.05, 3.63) is 12.2 Å². The summed E-state index contributed by atoms with van der Waals surface area (Å²) < 4.78 is 40.6. The molecule has 0 aliphatic carbocycles. The van der Waals surface area contributed by atoms with Crippen LogP contribution in [-0.2, 0) is 4.74 Å². The SMILES string of the molecule is CCC1CN=C(OCC(F)(F)F)C=CCC1C. The lowest BCUT2D eigenvalue weighted by Gasteiger charge is -2.21. The molecule has 98 valence electrons. The minimum absolute atomic E-state index is 0.0904. The van der Waals surface area contributed by atoms with E-state index >= 15 is 0 Å². The molecule has 0 saturated carbocycles. The highest BCUT2D eigenvalue weighted by atomic mass is 19.4. The van der Waals surface area contributed by atoms with Gasteiger partial charge in [-0.25, -0.2) is 0 Å². The molecule has 0 spiro atoms. The summed E-state index contributed by atoms with van der Waals surface area (Å²) in [5, 5.41) is 0. The first-order chi connectivity index (χ1) is 7.92. The van der Waals surface area contributed by atoms with Crippen molar-refractivity contribution in [3.8, 4) is 0 Å². The van der Waals surface area contributed by atoms with Crippen LogP contribution in [-0.4, -0.2) is 25.2 Å². The van der Waals surface area contributed by atoms with Crippen LogP contribution in [0.4, 0.5) is 13.2 Å². The normalized spacial score (nSPS) is 26.1. The molecule has 0 N–H and O–H groups in total. The fourth-order valence-corrected chi connectivity index (χ4v) is 1.80. The third-order valence-electron chi connectivity index (χ3n) is 2.96. The van der Waals surface area contributed by atoms with Crippen LogP contribution in [0.25, 0.3) is 0 Å². The van der Waals surface area contributed by atoms with Crippen LogP contribution in [0, 0.1) is 11.8 Å². The van der Waals surface area contributed by atoms with Gasteiger partial charge in [-0.05, 0) is 24.3 Å². The average molecular weight is 249 g/mol. The highest BCUT2D eigenvalue weighted by Gasteiger charge is 2.29. The molecule has 0 aromatic carbocycles. The van der Waals surface area contributed by atoms with Crippen molar-refractivity contribution < 1.29 is 17.9 Å². The third-order valence-corrected chi connectivity index (χ3v) is 2.96. The van der Waals surface area contributed by atoms with Crippen molar-refractivity contribution in [2.24, 2.45) is 16.8 Å². The number of rotatable bonds is 2. The predicted molar refractivity (Wildman–Crippen MR) is 61.0 cm³/mol. The number of hydrogen-bond donors (Lipinski definition) is 0. The van der Waals surface area contributed by atoms with Gasteiger partial charge < -0.3 is 4.74 Å². The van der Waals surface area contributed by atoms with Gasteiger partial charge >= 0.3 is 6.18 Å². The van der Waals surface area contributed by atoms with Crippen LogP contribution < -0.4 is 0 Å². The second-order valence-electron chi connectivity index (χ2n) is 4.37. The van der Waals surface area contributed by atoms with Crippen molar-refractivity contribution in [3.63, 3.8) is 0 Å². The van der Waals surface area contributed by atoms with Gasteiger partial charge in [-0.3, -0.25) is 4.99 Å². The number of aliphatic imine (C=N–C) groups is 1. The third kappa shape index (κ3) is 5.24. The first kappa shape index (κ1) is 14.1. The zero-order chi connectivity index (χ0) is 12.9. The topological polar surface area (TPSA) is 21.6 Å². The largest absolute Gasteiger partial charge is 0.468 e. The molecule has 0 saturated heterocycles. The van der Waals surface area contributed by atoms with Crippen molar-refractivity contribution in [2.75, 3.05) is 13.2 Å². The van der Waals surface area contributed by atoms with E-state index < -0.39 is 12.8 Å². The smallest absolute Gasteiger partial charge is 0.422 e. The van der Waals surface area contributed by atoms with E-state index in [1.165, 1.54) is 6.08 Å². The maximum atomic E-state index is 12.0. The monoisotopic (exact) mass is 249 g/mol. The molecule has 1 rings (SSSR count). The van der Waals surface area contributed by atoms with Crippen LogP contribution in [0.15, 0.2) is 17.1 Å². The van der Waals surface area contributed by atoms with E-state index in [0.717, 1.165) is 12.8 Å². The van der Waals surface area contributed by atoms with E-state index in [-0.39, 0.29) is 5.90 Å². The van der Waals surface area contributed by atoms with Gasteiger partial charge in [0.1, 0.15) is 0 Å². The second-order valence-corrected chi connectivity index (χ2v) is 4.37.